The fraction of sp³-hybridized carbons (Fsp3) is 0.389. The molecule has 4 nitrogen and oxygen atoms in total. The number of piperazine rings is 1. The van der Waals surface area contributed by atoms with Crippen LogP contribution in [0.25, 0.3) is 0 Å². The molecule has 1 aliphatic rings. The highest BCUT2D eigenvalue weighted by molar-refractivity contribution is 5.76. The molecular weight excluding hydrogens is 274 g/mol. The van der Waals surface area contributed by atoms with Crippen LogP contribution < -0.4 is 4.90 Å². The Morgan fingerprint density at radius 3 is 2.36 bits per heavy atom. The fourth-order valence-corrected chi connectivity index (χ4v) is 3.00. The zero-order valence-corrected chi connectivity index (χ0v) is 13.1. The molecule has 0 N–H and O–H groups in total. The Balaban J connectivity index is 1.49. The van der Waals surface area contributed by atoms with Crippen LogP contribution >= 0.6 is 0 Å². The predicted molar refractivity (Wildman–Crippen MR) is 89.0 cm³/mol. The van der Waals surface area contributed by atoms with E-state index in [-0.39, 0.29) is 5.91 Å². The van der Waals surface area contributed by atoms with Crippen LogP contribution in [0.4, 0.5) is 5.69 Å². The fourth-order valence-electron chi connectivity index (χ4n) is 3.00. The summed E-state index contributed by atoms with van der Waals surface area (Å²) in [7, 11) is 2.03. The van der Waals surface area contributed by atoms with Crippen molar-refractivity contribution in [2.24, 2.45) is 7.05 Å². The van der Waals surface area contributed by atoms with E-state index in [4.69, 9.17) is 0 Å². The summed E-state index contributed by atoms with van der Waals surface area (Å²) in [6.45, 7) is 3.47. The van der Waals surface area contributed by atoms with Crippen molar-refractivity contribution in [1.29, 1.82) is 0 Å². The van der Waals surface area contributed by atoms with Crippen LogP contribution in [0.15, 0.2) is 48.7 Å². The minimum absolute atomic E-state index is 0.272. The molecular formula is C18H23N3O. The lowest BCUT2D eigenvalue weighted by Crippen LogP contribution is -2.48. The van der Waals surface area contributed by atoms with E-state index in [1.54, 1.807) is 0 Å². The van der Waals surface area contributed by atoms with Gasteiger partial charge >= 0.3 is 0 Å². The van der Waals surface area contributed by atoms with Crippen molar-refractivity contribution in [1.82, 2.24) is 9.47 Å². The molecule has 4 heteroatoms. The third kappa shape index (κ3) is 3.32. The summed E-state index contributed by atoms with van der Waals surface area (Å²) in [6, 6.07) is 14.5. The molecule has 0 spiro atoms. The van der Waals surface area contributed by atoms with E-state index in [9.17, 15) is 4.79 Å². The van der Waals surface area contributed by atoms with E-state index in [1.165, 1.54) is 11.4 Å². The SMILES string of the molecule is Cn1cccc1CCC(=O)N1CCN(c2ccccc2)CC1. The van der Waals surface area contributed by atoms with Crippen molar-refractivity contribution in [2.75, 3.05) is 31.1 Å². The minimum atomic E-state index is 0.272. The molecule has 1 aromatic heterocycles. The number of nitrogens with zero attached hydrogens (tertiary/aromatic N) is 3. The van der Waals surface area contributed by atoms with Crippen LogP contribution in [0.2, 0.25) is 0 Å². The number of aryl methyl sites for hydroxylation is 2. The maximum atomic E-state index is 12.3. The van der Waals surface area contributed by atoms with Crippen molar-refractivity contribution in [2.45, 2.75) is 12.8 Å². The second kappa shape index (κ2) is 6.69. The number of benzene rings is 1. The van der Waals surface area contributed by atoms with Gasteiger partial charge in [-0.2, -0.15) is 0 Å². The molecule has 2 aromatic rings. The zero-order valence-electron chi connectivity index (χ0n) is 13.1. The molecule has 1 aromatic carbocycles. The topological polar surface area (TPSA) is 28.5 Å². The van der Waals surface area contributed by atoms with E-state index in [2.05, 4.69) is 39.8 Å². The Morgan fingerprint density at radius 1 is 1.00 bits per heavy atom. The lowest BCUT2D eigenvalue weighted by Gasteiger charge is -2.36. The number of rotatable bonds is 4. The lowest BCUT2D eigenvalue weighted by atomic mass is 10.2. The van der Waals surface area contributed by atoms with Gasteiger partial charge in [-0.05, 0) is 30.7 Å². The van der Waals surface area contributed by atoms with Gasteiger partial charge in [0, 0.05) is 57.2 Å². The number of para-hydroxylation sites is 1. The highest BCUT2D eigenvalue weighted by atomic mass is 16.2. The second-order valence-corrected chi connectivity index (χ2v) is 5.81. The third-order valence-corrected chi connectivity index (χ3v) is 4.40. The van der Waals surface area contributed by atoms with Crippen molar-refractivity contribution >= 4 is 11.6 Å². The largest absolute Gasteiger partial charge is 0.368 e. The molecule has 22 heavy (non-hydrogen) atoms. The first-order chi connectivity index (χ1) is 10.7. The van der Waals surface area contributed by atoms with Gasteiger partial charge in [-0.15, -0.1) is 0 Å². The summed E-state index contributed by atoms with van der Waals surface area (Å²) < 4.78 is 2.08. The van der Waals surface area contributed by atoms with Gasteiger partial charge < -0.3 is 14.4 Å². The summed E-state index contributed by atoms with van der Waals surface area (Å²) in [5, 5.41) is 0. The average molecular weight is 297 g/mol. The molecule has 0 aliphatic carbocycles. The number of amides is 1. The zero-order chi connectivity index (χ0) is 15.4. The molecule has 1 saturated heterocycles. The van der Waals surface area contributed by atoms with Crippen molar-refractivity contribution in [3.63, 3.8) is 0 Å². The first-order valence-corrected chi connectivity index (χ1v) is 7.92. The molecule has 1 fully saturated rings. The maximum Gasteiger partial charge on any atom is 0.223 e. The van der Waals surface area contributed by atoms with Gasteiger partial charge in [0.15, 0.2) is 0 Å². The first-order valence-electron chi connectivity index (χ1n) is 7.92. The highest BCUT2D eigenvalue weighted by Gasteiger charge is 2.21. The number of aromatic nitrogens is 1. The molecule has 1 aliphatic heterocycles. The van der Waals surface area contributed by atoms with Crippen molar-refractivity contribution < 1.29 is 4.79 Å². The van der Waals surface area contributed by atoms with E-state index >= 15 is 0 Å². The Bertz CT molecular complexity index is 612. The normalized spacial score (nSPS) is 15.1. The second-order valence-electron chi connectivity index (χ2n) is 5.81. The summed E-state index contributed by atoms with van der Waals surface area (Å²) in [6.07, 6.45) is 3.45. The number of hydrogen-bond donors (Lipinski definition) is 0. The third-order valence-electron chi connectivity index (χ3n) is 4.40. The van der Waals surface area contributed by atoms with Gasteiger partial charge in [0.1, 0.15) is 0 Å². The Labute approximate surface area is 132 Å². The van der Waals surface area contributed by atoms with Crippen LogP contribution in [-0.4, -0.2) is 41.6 Å². The van der Waals surface area contributed by atoms with Crippen molar-refractivity contribution in [3.05, 3.63) is 54.4 Å². The molecule has 0 atom stereocenters. The number of hydrogen-bond acceptors (Lipinski definition) is 2. The van der Waals surface area contributed by atoms with Gasteiger partial charge in [-0.1, -0.05) is 18.2 Å². The number of carbonyl (C=O) groups is 1. The van der Waals surface area contributed by atoms with Crippen LogP contribution in [0.5, 0.6) is 0 Å². The standard InChI is InChI=1S/C18H23N3O/c1-19-11-5-8-16(19)9-10-18(22)21-14-12-20(13-15-21)17-6-3-2-4-7-17/h2-8,11H,9-10,12-15H2,1H3. The van der Waals surface area contributed by atoms with Gasteiger partial charge in [-0.25, -0.2) is 0 Å². The van der Waals surface area contributed by atoms with E-state index in [0.717, 1.165) is 32.6 Å². The van der Waals surface area contributed by atoms with E-state index < -0.39 is 0 Å². The van der Waals surface area contributed by atoms with Crippen LogP contribution in [0.3, 0.4) is 0 Å². The molecule has 0 unspecified atom stereocenters. The van der Waals surface area contributed by atoms with Crippen LogP contribution in [-0.2, 0) is 18.3 Å². The molecule has 3 rings (SSSR count). The van der Waals surface area contributed by atoms with Gasteiger partial charge in [0.2, 0.25) is 5.91 Å². The van der Waals surface area contributed by atoms with Crippen LogP contribution in [0, 0.1) is 0 Å². The quantitative estimate of drug-likeness (QED) is 0.866. The Kier molecular flexibility index (Phi) is 4.47. The molecule has 2 heterocycles. The monoisotopic (exact) mass is 297 g/mol. The molecule has 0 saturated carbocycles. The Morgan fingerprint density at radius 2 is 1.73 bits per heavy atom. The van der Waals surface area contributed by atoms with Gasteiger partial charge in [0.05, 0.1) is 0 Å². The predicted octanol–water partition coefficient (Wildman–Crippen LogP) is 2.31. The average Bonchev–Trinajstić information content (AvgIpc) is 2.99. The summed E-state index contributed by atoms with van der Waals surface area (Å²) >= 11 is 0. The van der Waals surface area contributed by atoms with E-state index in [1.807, 2.05) is 30.3 Å². The molecule has 1 amide bonds. The highest BCUT2D eigenvalue weighted by Crippen LogP contribution is 2.16. The molecule has 116 valence electrons. The van der Waals surface area contributed by atoms with Crippen molar-refractivity contribution in [3.8, 4) is 0 Å². The Hall–Kier alpha value is -2.23. The molecule has 0 radical (unpaired) electrons. The summed E-state index contributed by atoms with van der Waals surface area (Å²) in [5.74, 6) is 0.272. The minimum Gasteiger partial charge on any atom is -0.368 e. The van der Waals surface area contributed by atoms with Gasteiger partial charge in [-0.3, -0.25) is 4.79 Å². The smallest absolute Gasteiger partial charge is 0.223 e. The lowest BCUT2D eigenvalue weighted by molar-refractivity contribution is -0.131. The molecule has 0 bridgehead atoms. The number of anilines is 1. The maximum absolute atomic E-state index is 12.3. The summed E-state index contributed by atoms with van der Waals surface area (Å²) in [5.41, 5.74) is 2.47. The van der Waals surface area contributed by atoms with Gasteiger partial charge in [0.25, 0.3) is 0 Å². The van der Waals surface area contributed by atoms with Crippen LogP contribution in [0.1, 0.15) is 12.1 Å². The first kappa shape index (κ1) is 14.7. The number of carbonyl (C=O) groups excluding carboxylic acids is 1. The van der Waals surface area contributed by atoms with E-state index in [0.29, 0.717) is 6.42 Å². The summed E-state index contributed by atoms with van der Waals surface area (Å²) in [4.78, 5) is 16.7.